The summed E-state index contributed by atoms with van der Waals surface area (Å²) in [4.78, 5) is 0. The smallest absolute Gasteiger partial charge is 0.0485 e. The number of hydrogen-bond acceptors (Lipinski definition) is 1. The van der Waals surface area contributed by atoms with Crippen LogP contribution in [-0.4, -0.2) is 0 Å². The van der Waals surface area contributed by atoms with Crippen molar-refractivity contribution in [3.8, 4) is 0 Å². The zero-order chi connectivity index (χ0) is 13.1. The summed E-state index contributed by atoms with van der Waals surface area (Å²) >= 11 is 0. The second-order valence-electron chi connectivity index (χ2n) is 5.08. The van der Waals surface area contributed by atoms with Crippen molar-refractivity contribution in [3.05, 3.63) is 64.7 Å². The fraction of sp³-hybridized carbons (Fsp3) is 0.294. The second kappa shape index (κ2) is 5.26. The fourth-order valence-electron chi connectivity index (χ4n) is 2.10. The van der Waals surface area contributed by atoms with Crippen molar-refractivity contribution in [2.75, 3.05) is 5.32 Å². The van der Waals surface area contributed by atoms with E-state index in [1.807, 2.05) is 0 Å². The Kier molecular flexibility index (Phi) is 3.71. The van der Waals surface area contributed by atoms with Crippen molar-refractivity contribution in [1.82, 2.24) is 0 Å². The van der Waals surface area contributed by atoms with Crippen molar-refractivity contribution in [2.45, 2.75) is 33.7 Å². The molecule has 0 aliphatic carbocycles. The van der Waals surface area contributed by atoms with Crippen LogP contribution in [0.2, 0.25) is 0 Å². The Labute approximate surface area is 110 Å². The highest BCUT2D eigenvalue weighted by atomic mass is 14.9. The Morgan fingerprint density at radius 1 is 0.889 bits per heavy atom. The van der Waals surface area contributed by atoms with Crippen LogP contribution in [0.5, 0.6) is 0 Å². The lowest BCUT2D eigenvalue weighted by atomic mass is 10.0. The summed E-state index contributed by atoms with van der Waals surface area (Å²) in [6.07, 6.45) is 0. The van der Waals surface area contributed by atoms with Crippen molar-refractivity contribution in [2.24, 2.45) is 0 Å². The van der Waals surface area contributed by atoms with Gasteiger partial charge in [-0.15, -0.1) is 0 Å². The minimum absolute atomic E-state index is 0.326. The summed E-state index contributed by atoms with van der Waals surface area (Å²) in [5.41, 5.74) is 6.49. The van der Waals surface area contributed by atoms with Gasteiger partial charge in [0.2, 0.25) is 0 Å². The van der Waals surface area contributed by atoms with Crippen LogP contribution >= 0.6 is 0 Å². The molecule has 0 saturated carbocycles. The van der Waals surface area contributed by atoms with E-state index in [0.717, 1.165) is 0 Å². The third-order valence-corrected chi connectivity index (χ3v) is 3.43. The number of rotatable bonds is 3. The van der Waals surface area contributed by atoms with Crippen LogP contribution in [0.25, 0.3) is 0 Å². The molecule has 2 aromatic carbocycles. The molecule has 0 fully saturated rings. The lowest BCUT2D eigenvalue weighted by Crippen LogP contribution is -2.06. The lowest BCUT2D eigenvalue weighted by Gasteiger charge is -2.17. The van der Waals surface area contributed by atoms with Gasteiger partial charge in [-0.25, -0.2) is 0 Å². The van der Waals surface area contributed by atoms with Crippen LogP contribution in [0.15, 0.2) is 42.5 Å². The third-order valence-electron chi connectivity index (χ3n) is 3.43. The molecule has 1 unspecified atom stereocenters. The molecule has 1 N–H and O–H groups in total. The molecule has 0 saturated heterocycles. The largest absolute Gasteiger partial charge is 0.379 e. The highest BCUT2D eigenvalue weighted by molar-refractivity contribution is 5.49. The summed E-state index contributed by atoms with van der Waals surface area (Å²) in [6, 6.07) is 15.5. The number of nitrogens with one attached hydrogen (secondary N) is 1. The van der Waals surface area contributed by atoms with Gasteiger partial charge >= 0.3 is 0 Å². The summed E-state index contributed by atoms with van der Waals surface area (Å²) in [5.74, 6) is 0. The average Bonchev–Trinajstić information content (AvgIpc) is 2.34. The number of anilines is 1. The van der Waals surface area contributed by atoms with Gasteiger partial charge in [0.25, 0.3) is 0 Å². The van der Waals surface area contributed by atoms with Gasteiger partial charge in [0.15, 0.2) is 0 Å². The maximum atomic E-state index is 3.55. The van der Waals surface area contributed by atoms with Gasteiger partial charge in [-0.05, 0) is 56.5 Å². The van der Waals surface area contributed by atoms with Crippen LogP contribution in [-0.2, 0) is 0 Å². The van der Waals surface area contributed by atoms with Gasteiger partial charge in [0.05, 0.1) is 0 Å². The summed E-state index contributed by atoms with van der Waals surface area (Å²) in [7, 11) is 0. The number of hydrogen-bond donors (Lipinski definition) is 1. The SMILES string of the molecule is Cc1cccc(C(C)Nc2ccc(C)c(C)c2)c1. The Bertz CT molecular complexity index is 543. The van der Waals surface area contributed by atoms with E-state index >= 15 is 0 Å². The van der Waals surface area contributed by atoms with Crippen LogP contribution < -0.4 is 5.32 Å². The molecule has 0 amide bonds. The normalized spacial score (nSPS) is 12.2. The van der Waals surface area contributed by atoms with Crippen LogP contribution in [0.3, 0.4) is 0 Å². The van der Waals surface area contributed by atoms with Gasteiger partial charge in [0, 0.05) is 11.7 Å². The van der Waals surface area contributed by atoms with Crippen LogP contribution in [0.4, 0.5) is 5.69 Å². The molecule has 2 aromatic rings. The van der Waals surface area contributed by atoms with E-state index in [9.17, 15) is 0 Å². The molecule has 18 heavy (non-hydrogen) atoms. The highest BCUT2D eigenvalue weighted by Gasteiger charge is 2.05. The monoisotopic (exact) mass is 239 g/mol. The van der Waals surface area contributed by atoms with Crippen molar-refractivity contribution < 1.29 is 0 Å². The molecule has 2 rings (SSSR count). The molecular formula is C17H21N. The molecule has 0 heterocycles. The summed E-state index contributed by atoms with van der Waals surface area (Å²) in [5, 5.41) is 3.55. The first-order valence-corrected chi connectivity index (χ1v) is 6.46. The first kappa shape index (κ1) is 12.7. The zero-order valence-corrected chi connectivity index (χ0v) is 11.6. The number of benzene rings is 2. The molecule has 0 bridgehead atoms. The highest BCUT2D eigenvalue weighted by Crippen LogP contribution is 2.21. The molecule has 1 atom stereocenters. The average molecular weight is 239 g/mol. The molecule has 0 aromatic heterocycles. The predicted octanol–water partition coefficient (Wildman–Crippen LogP) is 4.78. The molecule has 1 heteroatoms. The Balaban J connectivity index is 2.16. The standard InChI is InChI=1S/C17H21N/c1-12-6-5-7-16(10-12)15(4)18-17-9-8-13(2)14(3)11-17/h5-11,15,18H,1-4H3. The van der Waals surface area contributed by atoms with E-state index in [4.69, 9.17) is 0 Å². The maximum absolute atomic E-state index is 3.55. The second-order valence-corrected chi connectivity index (χ2v) is 5.08. The molecule has 0 radical (unpaired) electrons. The van der Waals surface area contributed by atoms with E-state index in [-0.39, 0.29) is 0 Å². The van der Waals surface area contributed by atoms with Gasteiger partial charge < -0.3 is 5.32 Å². The van der Waals surface area contributed by atoms with E-state index in [2.05, 4.69) is 75.5 Å². The molecule has 0 aliphatic rings. The van der Waals surface area contributed by atoms with Crippen LogP contribution in [0.1, 0.15) is 35.2 Å². The molecular weight excluding hydrogens is 218 g/mol. The molecule has 94 valence electrons. The third kappa shape index (κ3) is 2.92. The van der Waals surface area contributed by atoms with Gasteiger partial charge in [-0.1, -0.05) is 35.9 Å². The lowest BCUT2D eigenvalue weighted by molar-refractivity contribution is 0.882. The van der Waals surface area contributed by atoms with E-state index in [0.29, 0.717) is 6.04 Å². The maximum Gasteiger partial charge on any atom is 0.0485 e. The fourth-order valence-corrected chi connectivity index (χ4v) is 2.10. The Morgan fingerprint density at radius 2 is 1.67 bits per heavy atom. The topological polar surface area (TPSA) is 12.0 Å². The van der Waals surface area contributed by atoms with Gasteiger partial charge in [0.1, 0.15) is 0 Å². The predicted molar refractivity (Wildman–Crippen MR) is 79.1 cm³/mol. The Hall–Kier alpha value is -1.76. The molecule has 0 aliphatic heterocycles. The van der Waals surface area contributed by atoms with E-state index < -0.39 is 0 Å². The molecule has 1 nitrogen and oxygen atoms in total. The minimum Gasteiger partial charge on any atom is -0.379 e. The minimum atomic E-state index is 0.326. The van der Waals surface area contributed by atoms with Crippen molar-refractivity contribution >= 4 is 5.69 Å². The first-order valence-electron chi connectivity index (χ1n) is 6.46. The van der Waals surface area contributed by atoms with Gasteiger partial charge in [-0.3, -0.25) is 0 Å². The first-order chi connectivity index (χ1) is 8.56. The van der Waals surface area contributed by atoms with Gasteiger partial charge in [-0.2, -0.15) is 0 Å². The van der Waals surface area contributed by atoms with Crippen LogP contribution in [0, 0.1) is 20.8 Å². The summed E-state index contributed by atoms with van der Waals surface area (Å²) < 4.78 is 0. The van der Waals surface area contributed by atoms with E-state index in [1.165, 1.54) is 27.9 Å². The number of aryl methyl sites for hydroxylation is 3. The van der Waals surface area contributed by atoms with Crippen molar-refractivity contribution in [1.29, 1.82) is 0 Å². The quantitative estimate of drug-likeness (QED) is 0.812. The Morgan fingerprint density at radius 3 is 2.33 bits per heavy atom. The zero-order valence-electron chi connectivity index (χ0n) is 11.6. The van der Waals surface area contributed by atoms with E-state index in [1.54, 1.807) is 0 Å². The van der Waals surface area contributed by atoms with Crippen molar-refractivity contribution in [3.63, 3.8) is 0 Å². The molecule has 0 spiro atoms. The summed E-state index contributed by atoms with van der Waals surface area (Å²) in [6.45, 7) is 8.62.